The number of nitrogens with one attached hydrogen (secondary N) is 1. The molecular weight excluding hydrogens is 244 g/mol. The van der Waals surface area contributed by atoms with Gasteiger partial charge in [0.15, 0.2) is 5.69 Å². The van der Waals surface area contributed by atoms with Crippen LogP contribution in [0.4, 0.5) is 5.82 Å². The minimum atomic E-state index is -0.147. The predicted octanol–water partition coefficient (Wildman–Crippen LogP) is 1.16. The summed E-state index contributed by atoms with van der Waals surface area (Å²) in [6, 6.07) is 3.45. The third kappa shape index (κ3) is 3.01. The van der Waals surface area contributed by atoms with Gasteiger partial charge in [-0.25, -0.2) is 0 Å². The lowest BCUT2D eigenvalue weighted by atomic mass is 9.80. The van der Waals surface area contributed by atoms with Gasteiger partial charge < -0.3 is 15.0 Å². The number of rotatable bonds is 5. The molecule has 6 heteroatoms. The fourth-order valence-electron chi connectivity index (χ4n) is 2.05. The highest BCUT2D eigenvalue weighted by Crippen LogP contribution is 2.34. The van der Waals surface area contributed by atoms with Crippen LogP contribution in [0, 0.1) is 0 Å². The van der Waals surface area contributed by atoms with Crippen molar-refractivity contribution in [1.82, 2.24) is 15.1 Å². The second-order valence-corrected chi connectivity index (χ2v) is 5.10. The van der Waals surface area contributed by atoms with Gasteiger partial charge in [0.25, 0.3) is 5.91 Å². The summed E-state index contributed by atoms with van der Waals surface area (Å²) in [5, 5.41) is 11.1. The van der Waals surface area contributed by atoms with Gasteiger partial charge in [0.05, 0.1) is 5.60 Å². The van der Waals surface area contributed by atoms with Gasteiger partial charge in [0, 0.05) is 27.7 Å². The molecule has 0 aliphatic heterocycles. The minimum absolute atomic E-state index is 0.0557. The van der Waals surface area contributed by atoms with Crippen LogP contribution in [0.25, 0.3) is 0 Å². The van der Waals surface area contributed by atoms with Crippen molar-refractivity contribution in [2.24, 2.45) is 0 Å². The molecule has 1 heterocycles. The van der Waals surface area contributed by atoms with E-state index in [-0.39, 0.29) is 11.5 Å². The number of ether oxygens (including phenoxy) is 1. The van der Waals surface area contributed by atoms with Gasteiger partial charge >= 0.3 is 0 Å². The summed E-state index contributed by atoms with van der Waals surface area (Å²) in [5.74, 6) is 0.519. The second kappa shape index (κ2) is 5.52. The highest BCUT2D eigenvalue weighted by molar-refractivity contribution is 5.91. The zero-order valence-corrected chi connectivity index (χ0v) is 11.6. The lowest BCUT2D eigenvalue weighted by molar-refractivity contribution is -0.0601. The molecule has 0 spiro atoms. The Kier molecular flexibility index (Phi) is 3.99. The molecule has 1 aromatic rings. The molecule has 1 aromatic heterocycles. The summed E-state index contributed by atoms with van der Waals surface area (Å²) in [4.78, 5) is 13.1. The van der Waals surface area contributed by atoms with Crippen LogP contribution in [0.15, 0.2) is 12.1 Å². The van der Waals surface area contributed by atoms with E-state index in [1.165, 1.54) is 11.3 Å². The van der Waals surface area contributed by atoms with Crippen molar-refractivity contribution in [3.8, 4) is 0 Å². The maximum atomic E-state index is 11.7. The van der Waals surface area contributed by atoms with Gasteiger partial charge in [-0.2, -0.15) is 0 Å². The Labute approximate surface area is 113 Å². The number of amides is 1. The van der Waals surface area contributed by atoms with Crippen molar-refractivity contribution in [1.29, 1.82) is 0 Å². The molecule has 6 nitrogen and oxygen atoms in total. The van der Waals surface area contributed by atoms with Crippen molar-refractivity contribution in [2.75, 3.05) is 33.1 Å². The normalized spacial score (nSPS) is 16.6. The Bertz CT molecular complexity index is 435. The molecule has 1 aliphatic rings. The summed E-state index contributed by atoms with van der Waals surface area (Å²) < 4.78 is 5.52. The molecule has 0 bridgehead atoms. The molecular formula is C13H20N4O2. The summed E-state index contributed by atoms with van der Waals surface area (Å²) in [7, 11) is 5.12. The van der Waals surface area contributed by atoms with Crippen molar-refractivity contribution in [3.63, 3.8) is 0 Å². The fourth-order valence-corrected chi connectivity index (χ4v) is 2.05. The Morgan fingerprint density at radius 2 is 2.16 bits per heavy atom. The number of anilines is 1. The van der Waals surface area contributed by atoms with Crippen LogP contribution in [0.5, 0.6) is 0 Å². The maximum absolute atomic E-state index is 11.7. The molecule has 104 valence electrons. The van der Waals surface area contributed by atoms with Gasteiger partial charge in [0.1, 0.15) is 5.82 Å². The van der Waals surface area contributed by atoms with Crippen LogP contribution < -0.4 is 5.32 Å². The molecule has 0 atom stereocenters. The van der Waals surface area contributed by atoms with E-state index in [4.69, 9.17) is 4.74 Å². The van der Waals surface area contributed by atoms with Gasteiger partial charge in [-0.3, -0.25) is 4.79 Å². The maximum Gasteiger partial charge on any atom is 0.273 e. The smallest absolute Gasteiger partial charge is 0.273 e. The largest absolute Gasteiger partial charge is 0.376 e. The van der Waals surface area contributed by atoms with Gasteiger partial charge in [-0.05, 0) is 31.4 Å². The lowest BCUT2D eigenvalue weighted by Gasteiger charge is -2.40. The first-order valence-electron chi connectivity index (χ1n) is 6.41. The van der Waals surface area contributed by atoms with Crippen molar-refractivity contribution in [3.05, 3.63) is 17.8 Å². The van der Waals surface area contributed by atoms with Gasteiger partial charge in [0.2, 0.25) is 0 Å². The number of hydrogen-bond acceptors (Lipinski definition) is 5. The number of carbonyl (C=O) groups is 1. The highest BCUT2D eigenvalue weighted by atomic mass is 16.5. The highest BCUT2D eigenvalue weighted by Gasteiger charge is 2.36. The number of nitrogens with zero attached hydrogens (tertiary/aromatic N) is 3. The van der Waals surface area contributed by atoms with Crippen LogP contribution >= 0.6 is 0 Å². The predicted molar refractivity (Wildman–Crippen MR) is 72.1 cm³/mol. The minimum Gasteiger partial charge on any atom is -0.376 e. The average Bonchev–Trinajstić information content (AvgIpc) is 2.38. The molecule has 2 rings (SSSR count). The molecule has 0 radical (unpaired) electrons. The van der Waals surface area contributed by atoms with E-state index >= 15 is 0 Å². The molecule has 1 N–H and O–H groups in total. The summed E-state index contributed by atoms with van der Waals surface area (Å²) in [5.41, 5.74) is 0.292. The third-order valence-corrected chi connectivity index (χ3v) is 3.58. The third-order valence-electron chi connectivity index (χ3n) is 3.58. The van der Waals surface area contributed by atoms with E-state index in [1.54, 1.807) is 33.3 Å². The zero-order valence-electron chi connectivity index (χ0n) is 11.6. The topological polar surface area (TPSA) is 67.3 Å². The monoisotopic (exact) mass is 264 g/mol. The standard InChI is InChI=1S/C13H20N4O2/c1-17(2)12(18)10-5-6-11(16-15-10)14-9-13(19-3)7-4-8-13/h5-6H,4,7-9H2,1-3H3,(H,14,16). The van der Waals surface area contributed by atoms with Crippen LogP contribution in [0.1, 0.15) is 29.8 Å². The number of methoxy groups -OCH3 is 1. The first-order valence-corrected chi connectivity index (χ1v) is 6.41. The molecule has 1 saturated carbocycles. The Hall–Kier alpha value is -1.69. The van der Waals surface area contributed by atoms with E-state index in [0.29, 0.717) is 11.5 Å². The van der Waals surface area contributed by atoms with Crippen LogP contribution in [-0.4, -0.2) is 54.4 Å². The van der Waals surface area contributed by atoms with Crippen molar-refractivity contribution >= 4 is 11.7 Å². The van der Waals surface area contributed by atoms with E-state index in [2.05, 4.69) is 15.5 Å². The molecule has 1 fully saturated rings. The first kappa shape index (κ1) is 13.7. The van der Waals surface area contributed by atoms with Gasteiger partial charge in [-0.1, -0.05) is 0 Å². The van der Waals surface area contributed by atoms with Crippen LogP contribution in [0.2, 0.25) is 0 Å². The zero-order chi connectivity index (χ0) is 13.9. The van der Waals surface area contributed by atoms with Gasteiger partial charge in [-0.15, -0.1) is 10.2 Å². The Balaban J connectivity index is 1.93. The molecule has 1 aliphatic carbocycles. The SMILES string of the molecule is COC1(CNc2ccc(C(=O)N(C)C)nn2)CCC1. The van der Waals surface area contributed by atoms with E-state index in [1.807, 2.05) is 0 Å². The number of hydrogen-bond donors (Lipinski definition) is 1. The Morgan fingerprint density at radius 3 is 2.58 bits per heavy atom. The summed E-state index contributed by atoms with van der Waals surface area (Å²) >= 11 is 0. The van der Waals surface area contributed by atoms with E-state index in [9.17, 15) is 4.79 Å². The van der Waals surface area contributed by atoms with Crippen molar-refractivity contribution in [2.45, 2.75) is 24.9 Å². The molecule has 19 heavy (non-hydrogen) atoms. The van der Waals surface area contributed by atoms with Crippen molar-refractivity contribution < 1.29 is 9.53 Å². The van der Waals surface area contributed by atoms with E-state index in [0.717, 1.165) is 19.4 Å². The first-order chi connectivity index (χ1) is 9.06. The molecule has 0 unspecified atom stereocenters. The van der Waals surface area contributed by atoms with Crippen LogP contribution in [-0.2, 0) is 4.74 Å². The molecule has 1 amide bonds. The summed E-state index contributed by atoms with van der Waals surface area (Å²) in [6.45, 7) is 0.721. The van der Waals surface area contributed by atoms with E-state index < -0.39 is 0 Å². The summed E-state index contributed by atoms with van der Waals surface area (Å²) in [6.07, 6.45) is 3.35. The molecule has 0 aromatic carbocycles. The quantitative estimate of drug-likeness (QED) is 0.864. The number of carbonyl (C=O) groups excluding carboxylic acids is 1. The second-order valence-electron chi connectivity index (χ2n) is 5.10. The number of aromatic nitrogens is 2. The van der Waals surface area contributed by atoms with Crippen LogP contribution in [0.3, 0.4) is 0 Å². The average molecular weight is 264 g/mol. The lowest BCUT2D eigenvalue weighted by Crippen LogP contribution is -2.45. The molecule has 0 saturated heterocycles. The Morgan fingerprint density at radius 1 is 1.42 bits per heavy atom. The fraction of sp³-hybridized carbons (Fsp3) is 0.615.